The highest BCUT2D eigenvalue weighted by atomic mass is 32.2. The van der Waals surface area contributed by atoms with Gasteiger partial charge in [-0.15, -0.1) is 11.3 Å². The number of thiazole rings is 1. The summed E-state index contributed by atoms with van der Waals surface area (Å²) in [6.07, 6.45) is 0.521. The molecule has 5 nitrogen and oxygen atoms in total. The second-order valence-electron chi connectivity index (χ2n) is 4.32. The molecule has 0 atom stereocenters. The molecule has 20 heavy (non-hydrogen) atoms. The monoisotopic (exact) mass is 310 g/mol. The van der Waals surface area contributed by atoms with Gasteiger partial charge in [0.05, 0.1) is 16.1 Å². The van der Waals surface area contributed by atoms with E-state index in [0.29, 0.717) is 6.42 Å². The average molecular weight is 310 g/mol. The summed E-state index contributed by atoms with van der Waals surface area (Å²) in [5, 5.41) is 1.84. The highest BCUT2D eigenvalue weighted by Gasteiger charge is 2.17. The number of carbonyl (C=O) groups excluding carboxylic acids is 1. The fourth-order valence-corrected chi connectivity index (χ4v) is 3.36. The van der Waals surface area contributed by atoms with Gasteiger partial charge >= 0.3 is 0 Å². The SMILES string of the molecule is Cc1cccc(S(=O)(=O)NC(=O)CCc2cscn2)c1. The van der Waals surface area contributed by atoms with Gasteiger partial charge in [-0.05, 0) is 31.0 Å². The predicted molar refractivity (Wildman–Crippen MR) is 76.9 cm³/mol. The molecular weight excluding hydrogens is 296 g/mol. The Labute approximate surface area is 121 Å². The van der Waals surface area contributed by atoms with Crippen molar-refractivity contribution in [2.24, 2.45) is 0 Å². The minimum atomic E-state index is -3.79. The third-order valence-electron chi connectivity index (χ3n) is 2.64. The number of aromatic nitrogens is 1. The maximum Gasteiger partial charge on any atom is 0.264 e. The van der Waals surface area contributed by atoms with Crippen molar-refractivity contribution in [1.82, 2.24) is 9.71 Å². The molecule has 1 N–H and O–H groups in total. The molecule has 2 aromatic rings. The summed E-state index contributed by atoms with van der Waals surface area (Å²) < 4.78 is 26.1. The standard InChI is InChI=1S/C13H14N2O3S2/c1-10-3-2-4-12(7-10)20(17,18)15-13(16)6-5-11-8-19-9-14-11/h2-4,7-9H,5-6H2,1H3,(H,15,16). The van der Waals surface area contributed by atoms with Crippen molar-refractivity contribution in [3.05, 3.63) is 46.4 Å². The van der Waals surface area contributed by atoms with Crippen molar-refractivity contribution in [3.63, 3.8) is 0 Å². The number of hydrogen-bond donors (Lipinski definition) is 1. The molecule has 0 saturated heterocycles. The molecule has 1 heterocycles. The van der Waals surface area contributed by atoms with Gasteiger partial charge in [0.25, 0.3) is 10.0 Å². The van der Waals surface area contributed by atoms with Crippen molar-refractivity contribution >= 4 is 27.3 Å². The molecule has 0 aliphatic carbocycles. The van der Waals surface area contributed by atoms with E-state index in [2.05, 4.69) is 9.71 Å². The summed E-state index contributed by atoms with van der Waals surface area (Å²) in [5.41, 5.74) is 3.29. The normalized spacial score (nSPS) is 11.2. The Morgan fingerprint density at radius 3 is 2.85 bits per heavy atom. The average Bonchev–Trinajstić information content (AvgIpc) is 2.89. The van der Waals surface area contributed by atoms with Crippen LogP contribution in [0.2, 0.25) is 0 Å². The topological polar surface area (TPSA) is 76.1 Å². The third kappa shape index (κ3) is 3.88. The van der Waals surface area contributed by atoms with Crippen LogP contribution in [0.3, 0.4) is 0 Å². The zero-order valence-corrected chi connectivity index (χ0v) is 12.5. The van der Waals surface area contributed by atoms with Gasteiger partial charge in [-0.1, -0.05) is 12.1 Å². The van der Waals surface area contributed by atoms with E-state index in [0.717, 1.165) is 11.3 Å². The Morgan fingerprint density at radius 1 is 1.40 bits per heavy atom. The van der Waals surface area contributed by atoms with Gasteiger partial charge in [-0.25, -0.2) is 18.1 Å². The van der Waals surface area contributed by atoms with Gasteiger partial charge in [0, 0.05) is 11.8 Å². The second-order valence-corrected chi connectivity index (χ2v) is 6.73. The summed E-state index contributed by atoms with van der Waals surface area (Å²) in [6.45, 7) is 1.79. The Morgan fingerprint density at radius 2 is 2.20 bits per heavy atom. The highest BCUT2D eigenvalue weighted by molar-refractivity contribution is 7.90. The van der Waals surface area contributed by atoms with E-state index in [1.54, 1.807) is 24.6 Å². The van der Waals surface area contributed by atoms with Crippen LogP contribution < -0.4 is 4.72 Å². The van der Waals surface area contributed by atoms with Gasteiger partial charge in [0.2, 0.25) is 5.91 Å². The lowest BCUT2D eigenvalue weighted by Crippen LogP contribution is -2.30. The number of hydrogen-bond acceptors (Lipinski definition) is 5. The molecule has 0 spiro atoms. The molecule has 0 saturated carbocycles. The molecule has 0 bridgehead atoms. The molecule has 106 valence electrons. The molecule has 0 fully saturated rings. The molecular formula is C13H14N2O3S2. The number of benzene rings is 1. The van der Waals surface area contributed by atoms with Crippen molar-refractivity contribution < 1.29 is 13.2 Å². The predicted octanol–water partition coefficient (Wildman–Crippen LogP) is 1.89. The number of nitrogens with one attached hydrogen (secondary N) is 1. The van der Waals surface area contributed by atoms with Crippen molar-refractivity contribution in [3.8, 4) is 0 Å². The molecule has 2 rings (SSSR count). The molecule has 1 aromatic heterocycles. The zero-order valence-electron chi connectivity index (χ0n) is 10.9. The third-order valence-corrected chi connectivity index (χ3v) is 4.65. The molecule has 1 amide bonds. The van der Waals surface area contributed by atoms with Crippen molar-refractivity contribution in [2.45, 2.75) is 24.7 Å². The first-order valence-electron chi connectivity index (χ1n) is 5.97. The maximum absolute atomic E-state index is 12.0. The van der Waals surface area contributed by atoms with Crippen LogP contribution in [0.4, 0.5) is 0 Å². The van der Waals surface area contributed by atoms with Crippen LogP contribution in [-0.2, 0) is 21.2 Å². The Kier molecular flexibility index (Phi) is 4.51. The van der Waals surface area contributed by atoms with E-state index < -0.39 is 15.9 Å². The first-order chi connectivity index (χ1) is 9.47. The van der Waals surface area contributed by atoms with Crippen LogP contribution in [0, 0.1) is 6.92 Å². The number of nitrogens with zero attached hydrogens (tertiary/aromatic N) is 1. The van der Waals surface area contributed by atoms with Gasteiger partial charge in [0.1, 0.15) is 0 Å². The lowest BCUT2D eigenvalue weighted by Gasteiger charge is -2.07. The summed E-state index contributed by atoms with van der Waals surface area (Å²) >= 11 is 1.44. The largest absolute Gasteiger partial charge is 0.274 e. The van der Waals surface area contributed by atoms with E-state index in [1.807, 2.05) is 5.38 Å². The van der Waals surface area contributed by atoms with Crippen LogP contribution in [-0.4, -0.2) is 19.3 Å². The maximum atomic E-state index is 12.0. The summed E-state index contributed by atoms with van der Waals surface area (Å²) in [4.78, 5) is 15.8. The van der Waals surface area contributed by atoms with Crippen LogP contribution in [0.15, 0.2) is 40.1 Å². The minimum absolute atomic E-state index is 0.0920. The quantitative estimate of drug-likeness (QED) is 0.915. The minimum Gasteiger partial charge on any atom is -0.274 e. The van der Waals surface area contributed by atoms with Gasteiger partial charge in [0.15, 0.2) is 0 Å². The highest BCUT2D eigenvalue weighted by Crippen LogP contribution is 2.11. The fourth-order valence-electron chi connectivity index (χ4n) is 1.64. The first kappa shape index (κ1) is 14.7. The van der Waals surface area contributed by atoms with E-state index in [1.165, 1.54) is 23.5 Å². The zero-order chi connectivity index (χ0) is 14.6. The number of aryl methyl sites for hydroxylation is 2. The van der Waals surface area contributed by atoms with E-state index in [9.17, 15) is 13.2 Å². The van der Waals surface area contributed by atoms with Crippen LogP contribution in [0.25, 0.3) is 0 Å². The molecule has 1 aromatic carbocycles. The summed E-state index contributed by atoms with van der Waals surface area (Å²) in [6, 6.07) is 6.42. The van der Waals surface area contributed by atoms with E-state index >= 15 is 0 Å². The fraction of sp³-hybridized carbons (Fsp3) is 0.231. The molecule has 0 unspecified atom stereocenters. The molecule has 0 aliphatic rings. The molecule has 0 aliphatic heterocycles. The van der Waals surface area contributed by atoms with Gasteiger partial charge < -0.3 is 0 Å². The Balaban J connectivity index is 1.99. The molecule has 7 heteroatoms. The van der Waals surface area contributed by atoms with Crippen LogP contribution >= 0.6 is 11.3 Å². The number of carbonyl (C=O) groups is 1. The first-order valence-corrected chi connectivity index (χ1v) is 8.39. The van der Waals surface area contributed by atoms with Crippen LogP contribution in [0.1, 0.15) is 17.7 Å². The van der Waals surface area contributed by atoms with E-state index in [4.69, 9.17) is 0 Å². The Bertz CT molecular complexity index is 694. The van der Waals surface area contributed by atoms with Gasteiger partial charge in [-0.2, -0.15) is 0 Å². The number of amides is 1. The summed E-state index contributed by atoms with van der Waals surface area (Å²) in [7, 11) is -3.79. The smallest absolute Gasteiger partial charge is 0.264 e. The van der Waals surface area contributed by atoms with E-state index in [-0.39, 0.29) is 11.3 Å². The Hall–Kier alpha value is -1.73. The number of sulfonamides is 1. The second kappa shape index (κ2) is 6.15. The molecule has 0 radical (unpaired) electrons. The lowest BCUT2D eigenvalue weighted by molar-refractivity contribution is -0.119. The van der Waals surface area contributed by atoms with Crippen molar-refractivity contribution in [2.75, 3.05) is 0 Å². The van der Waals surface area contributed by atoms with Crippen molar-refractivity contribution in [1.29, 1.82) is 0 Å². The van der Waals surface area contributed by atoms with Gasteiger partial charge in [-0.3, -0.25) is 4.79 Å². The lowest BCUT2D eigenvalue weighted by atomic mass is 10.2. The summed E-state index contributed by atoms with van der Waals surface area (Å²) in [5.74, 6) is -0.528. The van der Waals surface area contributed by atoms with Crippen LogP contribution in [0.5, 0.6) is 0 Å². The number of rotatable bonds is 5.